The average molecular weight is 269 g/mol. The zero-order chi connectivity index (χ0) is 13.3. The molecular formula is C16H31NO2. The number of hydrogen-bond donors (Lipinski definition) is 1. The number of aliphatic hydroxyl groups is 1. The highest BCUT2D eigenvalue weighted by Gasteiger charge is 2.23. The van der Waals surface area contributed by atoms with Gasteiger partial charge in [-0.15, -0.1) is 0 Å². The molecule has 1 saturated carbocycles. The van der Waals surface area contributed by atoms with Crippen LogP contribution in [0.1, 0.15) is 64.2 Å². The van der Waals surface area contributed by atoms with Crippen LogP contribution in [-0.2, 0) is 4.74 Å². The minimum atomic E-state index is 0.336. The molecule has 19 heavy (non-hydrogen) atoms. The normalized spacial score (nSPS) is 26.7. The molecule has 0 aromatic heterocycles. The summed E-state index contributed by atoms with van der Waals surface area (Å²) in [5.41, 5.74) is 0. The van der Waals surface area contributed by atoms with Crippen molar-refractivity contribution < 1.29 is 9.84 Å². The van der Waals surface area contributed by atoms with Crippen LogP contribution in [0.2, 0.25) is 0 Å². The van der Waals surface area contributed by atoms with Gasteiger partial charge in [-0.1, -0.05) is 25.7 Å². The molecule has 2 rings (SSSR count). The van der Waals surface area contributed by atoms with Crippen molar-refractivity contribution in [2.24, 2.45) is 0 Å². The first-order valence-corrected chi connectivity index (χ1v) is 8.36. The van der Waals surface area contributed by atoms with Crippen LogP contribution in [0.25, 0.3) is 0 Å². The number of hydrogen-bond acceptors (Lipinski definition) is 3. The number of rotatable bonds is 7. The first-order valence-electron chi connectivity index (χ1n) is 8.36. The van der Waals surface area contributed by atoms with E-state index in [1.54, 1.807) is 0 Å². The average Bonchev–Trinajstić information content (AvgIpc) is 2.70. The molecule has 2 fully saturated rings. The maximum Gasteiger partial charge on any atom is 0.0597 e. The summed E-state index contributed by atoms with van der Waals surface area (Å²) in [6.45, 7) is 3.56. The third kappa shape index (κ3) is 5.41. The van der Waals surface area contributed by atoms with Gasteiger partial charge in [-0.25, -0.2) is 0 Å². The van der Waals surface area contributed by atoms with Crippen molar-refractivity contribution in [3.8, 4) is 0 Å². The van der Waals surface area contributed by atoms with E-state index in [0.29, 0.717) is 18.8 Å². The van der Waals surface area contributed by atoms with Gasteiger partial charge in [0.2, 0.25) is 0 Å². The highest BCUT2D eigenvalue weighted by molar-refractivity contribution is 4.79. The predicted octanol–water partition coefficient (Wildman–Crippen LogP) is 2.96. The fourth-order valence-electron chi connectivity index (χ4n) is 3.59. The molecule has 1 N–H and O–H groups in total. The van der Waals surface area contributed by atoms with Gasteiger partial charge < -0.3 is 9.84 Å². The van der Waals surface area contributed by atoms with E-state index in [0.717, 1.165) is 26.0 Å². The second-order valence-corrected chi connectivity index (χ2v) is 6.18. The lowest BCUT2D eigenvalue weighted by Gasteiger charge is -2.25. The first kappa shape index (κ1) is 15.3. The van der Waals surface area contributed by atoms with E-state index >= 15 is 0 Å². The van der Waals surface area contributed by atoms with Gasteiger partial charge in [-0.2, -0.15) is 0 Å². The zero-order valence-corrected chi connectivity index (χ0v) is 12.4. The highest BCUT2D eigenvalue weighted by Crippen LogP contribution is 2.22. The first-order chi connectivity index (χ1) is 9.40. The predicted molar refractivity (Wildman–Crippen MR) is 78.4 cm³/mol. The van der Waals surface area contributed by atoms with Gasteiger partial charge in [0.25, 0.3) is 0 Å². The Hall–Kier alpha value is -0.120. The summed E-state index contributed by atoms with van der Waals surface area (Å²) in [4.78, 5) is 2.58. The maximum absolute atomic E-state index is 8.94. The van der Waals surface area contributed by atoms with E-state index in [1.165, 1.54) is 57.9 Å². The van der Waals surface area contributed by atoms with Crippen molar-refractivity contribution in [2.45, 2.75) is 76.4 Å². The minimum Gasteiger partial charge on any atom is -0.396 e. The Morgan fingerprint density at radius 3 is 2.53 bits per heavy atom. The lowest BCUT2D eigenvalue weighted by Crippen LogP contribution is -2.33. The Bertz CT molecular complexity index is 227. The SMILES string of the molecule is OCCC[C@@H]1CCCN1CCOC1CCCCCC1. The van der Waals surface area contributed by atoms with Crippen LogP contribution in [0.5, 0.6) is 0 Å². The lowest BCUT2D eigenvalue weighted by molar-refractivity contribution is 0.0262. The number of likely N-dealkylation sites (tertiary alicyclic amines) is 1. The molecule has 1 aliphatic carbocycles. The van der Waals surface area contributed by atoms with Crippen molar-refractivity contribution in [1.82, 2.24) is 4.90 Å². The van der Waals surface area contributed by atoms with E-state index in [1.807, 2.05) is 0 Å². The molecule has 3 heteroatoms. The van der Waals surface area contributed by atoms with Gasteiger partial charge in [0.1, 0.15) is 0 Å². The van der Waals surface area contributed by atoms with Gasteiger partial charge in [-0.05, 0) is 45.1 Å². The Balaban J connectivity index is 1.61. The van der Waals surface area contributed by atoms with Gasteiger partial charge in [0.15, 0.2) is 0 Å². The highest BCUT2D eigenvalue weighted by atomic mass is 16.5. The lowest BCUT2D eigenvalue weighted by atomic mass is 10.1. The summed E-state index contributed by atoms with van der Waals surface area (Å²) in [5.74, 6) is 0. The van der Waals surface area contributed by atoms with E-state index in [-0.39, 0.29) is 0 Å². The van der Waals surface area contributed by atoms with Crippen LogP contribution in [-0.4, -0.2) is 48.5 Å². The van der Waals surface area contributed by atoms with Gasteiger partial charge in [0.05, 0.1) is 12.7 Å². The van der Waals surface area contributed by atoms with Crippen molar-refractivity contribution in [2.75, 3.05) is 26.3 Å². The number of nitrogens with zero attached hydrogens (tertiary/aromatic N) is 1. The number of aliphatic hydroxyl groups excluding tert-OH is 1. The van der Waals surface area contributed by atoms with Crippen molar-refractivity contribution in [1.29, 1.82) is 0 Å². The molecule has 0 unspecified atom stereocenters. The Morgan fingerprint density at radius 1 is 1.00 bits per heavy atom. The molecule has 112 valence electrons. The Kier molecular flexibility index (Phi) is 7.18. The fourth-order valence-corrected chi connectivity index (χ4v) is 3.59. The summed E-state index contributed by atoms with van der Waals surface area (Å²) in [6, 6.07) is 0.699. The summed E-state index contributed by atoms with van der Waals surface area (Å²) in [5, 5.41) is 8.94. The topological polar surface area (TPSA) is 32.7 Å². The second-order valence-electron chi connectivity index (χ2n) is 6.18. The Morgan fingerprint density at radius 2 is 1.79 bits per heavy atom. The van der Waals surface area contributed by atoms with Crippen molar-refractivity contribution in [3.63, 3.8) is 0 Å². The molecule has 0 amide bonds. The molecule has 1 atom stereocenters. The van der Waals surface area contributed by atoms with Crippen LogP contribution < -0.4 is 0 Å². The molecule has 3 nitrogen and oxygen atoms in total. The Labute approximate surface area is 118 Å². The summed E-state index contributed by atoms with van der Waals surface area (Å²) in [7, 11) is 0. The largest absolute Gasteiger partial charge is 0.396 e. The van der Waals surface area contributed by atoms with Gasteiger partial charge >= 0.3 is 0 Å². The van der Waals surface area contributed by atoms with Crippen LogP contribution >= 0.6 is 0 Å². The van der Waals surface area contributed by atoms with Gasteiger partial charge in [-0.3, -0.25) is 4.90 Å². The molecule has 1 heterocycles. The number of ether oxygens (including phenoxy) is 1. The quantitative estimate of drug-likeness (QED) is 0.721. The second kappa shape index (κ2) is 8.93. The maximum atomic E-state index is 8.94. The minimum absolute atomic E-state index is 0.336. The van der Waals surface area contributed by atoms with Crippen LogP contribution in [0.3, 0.4) is 0 Å². The van der Waals surface area contributed by atoms with Crippen LogP contribution in [0, 0.1) is 0 Å². The molecule has 1 saturated heterocycles. The molecule has 0 bridgehead atoms. The third-order valence-corrected chi connectivity index (χ3v) is 4.73. The molecule has 1 aliphatic heterocycles. The van der Waals surface area contributed by atoms with E-state index < -0.39 is 0 Å². The molecule has 0 radical (unpaired) electrons. The van der Waals surface area contributed by atoms with Gasteiger partial charge in [0, 0.05) is 19.2 Å². The van der Waals surface area contributed by atoms with Crippen LogP contribution in [0.4, 0.5) is 0 Å². The van der Waals surface area contributed by atoms with Crippen LogP contribution in [0.15, 0.2) is 0 Å². The summed E-state index contributed by atoms with van der Waals surface area (Å²) < 4.78 is 6.09. The standard InChI is InChI=1S/C16H31NO2/c18-13-6-8-15-7-5-11-17(15)12-14-19-16-9-3-1-2-4-10-16/h15-16,18H,1-14H2/t15-/m0/s1. The molecule has 0 aromatic carbocycles. The fraction of sp³-hybridized carbons (Fsp3) is 1.00. The van der Waals surface area contributed by atoms with E-state index in [9.17, 15) is 0 Å². The van der Waals surface area contributed by atoms with Crippen molar-refractivity contribution >= 4 is 0 Å². The van der Waals surface area contributed by atoms with E-state index in [4.69, 9.17) is 9.84 Å². The molecule has 0 aromatic rings. The molecular weight excluding hydrogens is 238 g/mol. The monoisotopic (exact) mass is 269 g/mol. The summed E-state index contributed by atoms with van der Waals surface area (Å²) in [6.07, 6.45) is 13.3. The van der Waals surface area contributed by atoms with Crippen molar-refractivity contribution in [3.05, 3.63) is 0 Å². The molecule has 0 spiro atoms. The molecule has 2 aliphatic rings. The smallest absolute Gasteiger partial charge is 0.0597 e. The third-order valence-electron chi connectivity index (χ3n) is 4.73. The zero-order valence-electron chi connectivity index (χ0n) is 12.4. The van der Waals surface area contributed by atoms with E-state index in [2.05, 4.69) is 4.90 Å². The summed E-state index contributed by atoms with van der Waals surface area (Å²) >= 11 is 0.